The summed E-state index contributed by atoms with van der Waals surface area (Å²) >= 11 is 0. The van der Waals surface area contributed by atoms with Crippen LogP contribution in [0.5, 0.6) is 0 Å². The zero-order chi connectivity index (χ0) is 25.8. The first-order valence-electron chi connectivity index (χ1n) is 12.3. The molecule has 3 aromatic heterocycles. The van der Waals surface area contributed by atoms with E-state index in [1.54, 1.807) is 23.0 Å². The Bertz CT molecular complexity index is 1550. The van der Waals surface area contributed by atoms with Gasteiger partial charge in [0.2, 0.25) is 0 Å². The van der Waals surface area contributed by atoms with Crippen molar-refractivity contribution in [3.05, 3.63) is 117 Å². The second-order valence-corrected chi connectivity index (χ2v) is 9.17. The van der Waals surface area contributed by atoms with Crippen molar-refractivity contribution in [1.82, 2.24) is 35.1 Å². The van der Waals surface area contributed by atoms with Crippen LogP contribution in [0.15, 0.2) is 77.9 Å². The highest BCUT2D eigenvalue weighted by Gasteiger charge is 2.26. The third-order valence-electron chi connectivity index (χ3n) is 6.58. The predicted octanol–water partition coefficient (Wildman–Crippen LogP) is 4.56. The van der Waals surface area contributed by atoms with Gasteiger partial charge in [0, 0.05) is 31.0 Å². The smallest absolute Gasteiger partial charge is 0.252 e. The van der Waals surface area contributed by atoms with Gasteiger partial charge in [-0.05, 0) is 70.1 Å². The highest BCUT2D eigenvalue weighted by atomic mass is 19.1. The molecule has 0 spiro atoms. The number of nitrogens with zero attached hydrogens (tertiary/aromatic N) is 6. The van der Waals surface area contributed by atoms with Crippen LogP contribution < -0.4 is 5.56 Å². The first-order valence-corrected chi connectivity index (χ1v) is 12.3. The molecule has 0 aliphatic carbocycles. The zero-order valence-corrected chi connectivity index (χ0v) is 20.8. The molecule has 0 fully saturated rings. The summed E-state index contributed by atoms with van der Waals surface area (Å²) in [5, 5.41) is 13.5. The molecule has 5 aromatic rings. The topological polar surface area (TPSA) is 92.6 Å². The lowest BCUT2D eigenvalue weighted by Gasteiger charge is -2.30. The summed E-state index contributed by atoms with van der Waals surface area (Å²) in [7, 11) is 0. The predicted molar refractivity (Wildman–Crippen MR) is 139 cm³/mol. The lowest BCUT2D eigenvalue weighted by atomic mass is 10.1. The second-order valence-electron chi connectivity index (χ2n) is 9.17. The van der Waals surface area contributed by atoms with Crippen LogP contribution in [-0.4, -0.2) is 35.1 Å². The average Bonchev–Trinajstić information content (AvgIpc) is 3.35. The van der Waals surface area contributed by atoms with E-state index in [4.69, 9.17) is 0 Å². The third kappa shape index (κ3) is 5.46. The van der Waals surface area contributed by atoms with E-state index >= 15 is 0 Å². The molecule has 9 heteroatoms. The number of tetrazole rings is 1. The fourth-order valence-electron chi connectivity index (χ4n) is 4.70. The van der Waals surface area contributed by atoms with Crippen molar-refractivity contribution in [3.8, 4) is 0 Å². The number of nitrogens with one attached hydrogen (secondary N) is 1. The minimum Gasteiger partial charge on any atom is -0.321 e. The van der Waals surface area contributed by atoms with E-state index in [2.05, 4.69) is 37.3 Å². The van der Waals surface area contributed by atoms with Gasteiger partial charge in [-0.3, -0.25) is 14.7 Å². The monoisotopic (exact) mass is 497 g/mol. The largest absolute Gasteiger partial charge is 0.321 e. The molecular formula is C28H28FN7O. The number of halogens is 1. The van der Waals surface area contributed by atoms with Gasteiger partial charge in [-0.15, -0.1) is 5.10 Å². The number of hydrogen-bond acceptors (Lipinski definition) is 6. The van der Waals surface area contributed by atoms with Crippen LogP contribution in [0.4, 0.5) is 4.39 Å². The minimum absolute atomic E-state index is 0.112. The van der Waals surface area contributed by atoms with Crippen LogP contribution in [0.1, 0.15) is 47.5 Å². The summed E-state index contributed by atoms with van der Waals surface area (Å²) in [6, 6.07) is 18.0. The Morgan fingerprint density at radius 3 is 2.65 bits per heavy atom. The van der Waals surface area contributed by atoms with Gasteiger partial charge in [0.15, 0.2) is 5.82 Å². The van der Waals surface area contributed by atoms with Gasteiger partial charge in [-0.2, -0.15) is 0 Å². The van der Waals surface area contributed by atoms with Crippen LogP contribution in [-0.2, 0) is 19.6 Å². The molecule has 1 atom stereocenters. The fourth-order valence-corrected chi connectivity index (χ4v) is 4.70. The Labute approximate surface area is 213 Å². The van der Waals surface area contributed by atoms with E-state index in [1.807, 2.05) is 49.5 Å². The highest BCUT2D eigenvalue weighted by Crippen LogP contribution is 2.27. The number of hydrogen-bond donors (Lipinski definition) is 1. The standard InChI is InChI=1S/C28H28FN7O/c1-3-25(27-32-33-34-36(27)17-20-9-11-24(29)12-10-20)35(16-21-7-5-13-30-15-21)18-23-14-22-8-4-6-19(2)26(22)31-28(23)37/h4-15,25H,3,16-18H2,1-2H3,(H,31,37)/t25-/m1/s1. The molecule has 0 aliphatic rings. The Hall–Kier alpha value is -4.24. The molecule has 0 bridgehead atoms. The summed E-state index contributed by atoms with van der Waals surface area (Å²) in [6.45, 7) is 5.43. The number of benzene rings is 2. The van der Waals surface area contributed by atoms with Gasteiger partial charge in [0.05, 0.1) is 18.1 Å². The molecule has 8 nitrogen and oxygen atoms in total. The third-order valence-corrected chi connectivity index (χ3v) is 6.58. The number of H-pyrrole nitrogens is 1. The molecule has 3 heterocycles. The fraction of sp³-hybridized carbons (Fsp3) is 0.250. The molecular weight excluding hydrogens is 469 g/mol. The number of para-hydroxylation sites is 1. The van der Waals surface area contributed by atoms with Crippen molar-refractivity contribution in [1.29, 1.82) is 0 Å². The Morgan fingerprint density at radius 1 is 1.05 bits per heavy atom. The molecule has 1 N–H and O–H groups in total. The lowest BCUT2D eigenvalue weighted by Crippen LogP contribution is -2.32. The average molecular weight is 498 g/mol. The summed E-state index contributed by atoms with van der Waals surface area (Å²) in [6.07, 6.45) is 4.29. The highest BCUT2D eigenvalue weighted by molar-refractivity contribution is 5.81. The molecule has 188 valence electrons. The van der Waals surface area contributed by atoms with E-state index in [9.17, 15) is 9.18 Å². The van der Waals surface area contributed by atoms with Gasteiger partial charge in [0.1, 0.15) is 5.82 Å². The van der Waals surface area contributed by atoms with E-state index in [1.165, 1.54) is 12.1 Å². The molecule has 0 amide bonds. The van der Waals surface area contributed by atoms with E-state index in [-0.39, 0.29) is 17.4 Å². The molecule has 0 unspecified atom stereocenters. The van der Waals surface area contributed by atoms with Crippen molar-refractivity contribution >= 4 is 10.9 Å². The Balaban J connectivity index is 1.51. The Morgan fingerprint density at radius 2 is 1.89 bits per heavy atom. The van der Waals surface area contributed by atoms with Crippen molar-refractivity contribution in [2.45, 2.75) is 45.9 Å². The SMILES string of the molecule is CC[C@H](c1nnnn1Cc1ccc(F)cc1)N(Cc1cccnc1)Cc1cc2cccc(C)c2[nH]c1=O. The van der Waals surface area contributed by atoms with Gasteiger partial charge < -0.3 is 4.98 Å². The van der Waals surface area contributed by atoms with Gasteiger partial charge >= 0.3 is 0 Å². The molecule has 2 aromatic carbocycles. The number of aromatic nitrogens is 6. The number of rotatable bonds is 9. The van der Waals surface area contributed by atoms with Crippen LogP contribution in [0.3, 0.4) is 0 Å². The van der Waals surface area contributed by atoms with Crippen molar-refractivity contribution in [3.63, 3.8) is 0 Å². The summed E-state index contributed by atoms with van der Waals surface area (Å²) in [4.78, 5) is 22.7. The zero-order valence-electron chi connectivity index (χ0n) is 20.8. The van der Waals surface area contributed by atoms with E-state index < -0.39 is 0 Å². The van der Waals surface area contributed by atoms with Crippen molar-refractivity contribution in [2.24, 2.45) is 0 Å². The van der Waals surface area contributed by atoms with Crippen LogP contribution in [0.25, 0.3) is 10.9 Å². The minimum atomic E-state index is -0.287. The molecule has 0 radical (unpaired) electrons. The first kappa shape index (κ1) is 24.5. The Kier molecular flexibility index (Phi) is 7.14. The van der Waals surface area contributed by atoms with Crippen LogP contribution in [0.2, 0.25) is 0 Å². The van der Waals surface area contributed by atoms with Crippen LogP contribution >= 0.6 is 0 Å². The number of fused-ring (bicyclic) bond motifs is 1. The van der Waals surface area contributed by atoms with E-state index in [0.29, 0.717) is 37.4 Å². The maximum atomic E-state index is 13.4. The molecule has 5 rings (SSSR count). The normalized spacial score (nSPS) is 12.3. The summed E-state index contributed by atoms with van der Waals surface area (Å²) in [5.41, 5.74) is 4.35. The van der Waals surface area contributed by atoms with E-state index in [0.717, 1.165) is 27.6 Å². The molecule has 0 saturated carbocycles. The van der Waals surface area contributed by atoms with Crippen molar-refractivity contribution in [2.75, 3.05) is 0 Å². The van der Waals surface area contributed by atoms with Crippen molar-refractivity contribution < 1.29 is 4.39 Å². The number of aryl methyl sites for hydroxylation is 1. The molecule has 0 aliphatic heterocycles. The van der Waals surface area contributed by atoms with Gasteiger partial charge in [-0.25, -0.2) is 9.07 Å². The van der Waals surface area contributed by atoms with Gasteiger partial charge in [-0.1, -0.05) is 43.3 Å². The molecule has 0 saturated heterocycles. The summed E-state index contributed by atoms with van der Waals surface area (Å²) < 4.78 is 15.2. The number of aromatic amines is 1. The lowest BCUT2D eigenvalue weighted by molar-refractivity contribution is 0.161. The van der Waals surface area contributed by atoms with Crippen LogP contribution in [0, 0.1) is 12.7 Å². The second kappa shape index (κ2) is 10.8. The van der Waals surface area contributed by atoms with Gasteiger partial charge in [0.25, 0.3) is 5.56 Å². The summed E-state index contributed by atoms with van der Waals surface area (Å²) in [5.74, 6) is 0.398. The number of pyridine rings is 2. The quantitative estimate of drug-likeness (QED) is 0.321. The first-order chi connectivity index (χ1) is 18.0. The maximum Gasteiger partial charge on any atom is 0.252 e. The maximum absolute atomic E-state index is 13.4. The molecule has 37 heavy (non-hydrogen) atoms.